The van der Waals surface area contributed by atoms with E-state index in [1.807, 2.05) is 11.8 Å². The van der Waals surface area contributed by atoms with Crippen LogP contribution in [0.1, 0.15) is 32.6 Å². The summed E-state index contributed by atoms with van der Waals surface area (Å²) >= 11 is 0. The number of likely N-dealkylation sites (tertiary alicyclic amines) is 1. The second-order valence-electron chi connectivity index (χ2n) is 6.17. The van der Waals surface area contributed by atoms with E-state index in [-0.39, 0.29) is 23.7 Å². The predicted octanol–water partition coefficient (Wildman–Crippen LogP) is 0.514. The zero-order chi connectivity index (χ0) is 14.9. The van der Waals surface area contributed by atoms with Crippen LogP contribution < -0.4 is 5.32 Å². The average molecular weight is 296 g/mol. The SMILES string of the molecule is CCCNC(=O)C1CC1C(=O)N1CCC2(CC1)OCCO2. The number of nitrogens with one attached hydrogen (secondary N) is 1. The van der Waals surface area contributed by atoms with E-state index in [2.05, 4.69) is 5.32 Å². The maximum Gasteiger partial charge on any atom is 0.226 e. The number of ether oxygens (including phenoxy) is 2. The van der Waals surface area contributed by atoms with Crippen LogP contribution >= 0.6 is 0 Å². The molecule has 2 heterocycles. The number of hydrogen-bond acceptors (Lipinski definition) is 4. The number of carbonyl (C=O) groups excluding carboxylic acids is 2. The van der Waals surface area contributed by atoms with Gasteiger partial charge in [0.15, 0.2) is 5.79 Å². The van der Waals surface area contributed by atoms with Gasteiger partial charge in [0.05, 0.1) is 25.0 Å². The zero-order valence-electron chi connectivity index (χ0n) is 12.6. The number of piperidine rings is 1. The Morgan fingerprint density at radius 1 is 1.19 bits per heavy atom. The normalized spacial score (nSPS) is 30.4. The van der Waals surface area contributed by atoms with Crippen molar-refractivity contribution in [3.8, 4) is 0 Å². The highest BCUT2D eigenvalue weighted by Crippen LogP contribution is 2.41. The van der Waals surface area contributed by atoms with Gasteiger partial charge in [-0.3, -0.25) is 9.59 Å². The smallest absolute Gasteiger partial charge is 0.226 e. The Kier molecular flexibility index (Phi) is 4.17. The van der Waals surface area contributed by atoms with Gasteiger partial charge in [0.1, 0.15) is 0 Å². The van der Waals surface area contributed by atoms with Crippen LogP contribution in [0.3, 0.4) is 0 Å². The van der Waals surface area contributed by atoms with Gasteiger partial charge in [-0.05, 0) is 12.8 Å². The number of nitrogens with zero attached hydrogens (tertiary/aromatic N) is 1. The third kappa shape index (κ3) is 3.06. The van der Waals surface area contributed by atoms with Crippen LogP contribution in [0.15, 0.2) is 0 Å². The number of hydrogen-bond donors (Lipinski definition) is 1. The first-order valence-electron chi connectivity index (χ1n) is 7.99. The Labute approximate surface area is 125 Å². The molecule has 2 atom stereocenters. The molecule has 0 aromatic rings. The summed E-state index contributed by atoms with van der Waals surface area (Å²) in [5.41, 5.74) is 0. The highest BCUT2D eigenvalue weighted by atomic mass is 16.7. The highest BCUT2D eigenvalue weighted by Gasteiger charge is 2.50. The molecule has 21 heavy (non-hydrogen) atoms. The van der Waals surface area contributed by atoms with Gasteiger partial charge in [0.2, 0.25) is 11.8 Å². The summed E-state index contributed by atoms with van der Waals surface area (Å²) < 4.78 is 11.3. The molecule has 2 unspecified atom stereocenters. The monoisotopic (exact) mass is 296 g/mol. The van der Waals surface area contributed by atoms with Crippen LogP contribution in [0, 0.1) is 11.8 Å². The lowest BCUT2D eigenvalue weighted by atomic mass is 10.0. The van der Waals surface area contributed by atoms with Crippen molar-refractivity contribution in [3.05, 3.63) is 0 Å². The molecule has 0 bridgehead atoms. The first kappa shape index (κ1) is 14.8. The highest BCUT2D eigenvalue weighted by molar-refractivity contribution is 5.92. The number of carbonyl (C=O) groups is 2. The molecule has 118 valence electrons. The van der Waals surface area contributed by atoms with Crippen LogP contribution in [0.2, 0.25) is 0 Å². The standard InChI is InChI=1S/C15H24N2O4/c1-2-5-16-13(18)11-10-12(11)14(19)17-6-3-15(4-7-17)20-8-9-21-15/h11-12H,2-10H2,1H3,(H,16,18). The van der Waals surface area contributed by atoms with E-state index in [1.54, 1.807) is 0 Å². The molecule has 3 aliphatic rings. The van der Waals surface area contributed by atoms with Gasteiger partial charge < -0.3 is 19.7 Å². The van der Waals surface area contributed by atoms with Crippen molar-refractivity contribution in [2.24, 2.45) is 11.8 Å². The zero-order valence-corrected chi connectivity index (χ0v) is 12.6. The molecule has 6 nitrogen and oxygen atoms in total. The minimum absolute atomic E-state index is 0.0335. The predicted molar refractivity (Wildman–Crippen MR) is 75.3 cm³/mol. The molecule has 1 spiro atoms. The summed E-state index contributed by atoms with van der Waals surface area (Å²) in [5.74, 6) is -0.510. The van der Waals surface area contributed by atoms with Crippen molar-refractivity contribution in [3.63, 3.8) is 0 Å². The summed E-state index contributed by atoms with van der Waals surface area (Å²) in [6.07, 6.45) is 3.09. The van der Waals surface area contributed by atoms with E-state index in [0.29, 0.717) is 39.3 Å². The van der Waals surface area contributed by atoms with E-state index >= 15 is 0 Å². The van der Waals surface area contributed by atoms with Gasteiger partial charge in [-0.2, -0.15) is 0 Å². The Morgan fingerprint density at radius 3 is 2.48 bits per heavy atom. The van der Waals surface area contributed by atoms with Crippen molar-refractivity contribution < 1.29 is 19.1 Å². The van der Waals surface area contributed by atoms with E-state index in [9.17, 15) is 9.59 Å². The second-order valence-corrected chi connectivity index (χ2v) is 6.17. The molecular formula is C15H24N2O4. The molecule has 3 fully saturated rings. The summed E-state index contributed by atoms with van der Waals surface area (Å²) in [5, 5.41) is 2.87. The van der Waals surface area contributed by atoms with Gasteiger partial charge >= 0.3 is 0 Å². The van der Waals surface area contributed by atoms with Crippen molar-refractivity contribution in [2.45, 2.75) is 38.4 Å². The van der Waals surface area contributed by atoms with Crippen molar-refractivity contribution >= 4 is 11.8 Å². The fourth-order valence-electron chi connectivity index (χ4n) is 3.22. The second kappa shape index (κ2) is 5.93. The molecule has 3 rings (SSSR count). The third-order valence-electron chi connectivity index (χ3n) is 4.64. The Morgan fingerprint density at radius 2 is 1.86 bits per heavy atom. The molecule has 1 N–H and O–H groups in total. The van der Waals surface area contributed by atoms with Crippen LogP contribution in [-0.4, -0.2) is 55.3 Å². The van der Waals surface area contributed by atoms with Gasteiger partial charge in [-0.25, -0.2) is 0 Å². The lowest BCUT2D eigenvalue weighted by Crippen LogP contribution is -2.48. The molecule has 2 aliphatic heterocycles. The minimum Gasteiger partial charge on any atom is -0.356 e. The van der Waals surface area contributed by atoms with Crippen LogP contribution in [0.5, 0.6) is 0 Å². The molecule has 0 aromatic heterocycles. The van der Waals surface area contributed by atoms with E-state index in [0.717, 1.165) is 19.3 Å². The Bertz CT molecular complexity index is 410. The minimum atomic E-state index is -0.446. The van der Waals surface area contributed by atoms with Gasteiger partial charge in [-0.15, -0.1) is 0 Å². The summed E-state index contributed by atoms with van der Waals surface area (Å²) in [6, 6.07) is 0. The lowest BCUT2D eigenvalue weighted by molar-refractivity contribution is -0.187. The average Bonchev–Trinajstić information content (AvgIpc) is 3.19. The fraction of sp³-hybridized carbons (Fsp3) is 0.867. The van der Waals surface area contributed by atoms with Crippen LogP contribution in [0.4, 0.5) is 0 Å². The van der Waals surface area contributed by atoms with E-state index in [1.165, 1.54) is 0 Å². The summed E-state index contributed by atoms with van der Waals surface area (Å²) in [7, 11) is 0. The quantitative estimate of drug-likeness (QED) is 0.821. The number of amides is 2. The van der Waals surface area contributed by atoms with Crippen molar-refractivity contribution in [1.29, 1.82) is 0 Å². The Balaban J connectivity index is 1.46. The largest absolute Gasteiger partial charge is 0.356 e. The lowest BCUT2D eigenvalue weighted by Gasteiger charge is -2.37. The van der Waals surface area contributed by atoms with Crippen LogP contribution in [-0.2, 0) is 19.1 Å². The molecular weight excluding hydrogens is 272 g/mol. The van der Waals surface area contributed by atoms with Crippen molar-refractivity contribution in [2.75, 3.05) is 32.8 Å². The maximum atomic E-state index is 12.4. The summed E-state index contributed by atoms with van der Waals surface area (Å²) in [4.78, 5) is 26.1. The third-order valence-corrected chi connectivity index (χ3v) is 4.64. The van der Waals surface area contributed by atoms with Gasteiger partial charge in [0.25, 0.3) is 0 Å². The molecule has 1 aliphatic carbocycles. The molecule has 2 saturated heterocycles. The van der Waals surface area contributed by atoms with E-state index < -0.39 is 5.79 Å². The maximum absolute atomic E-state index is 12.4. The Hall–Kier alpha value is -1.14. The molecule has 0 aromatic carbocycles. The topological polar surface area (TPSA) is 67.9 Å². The van der Waals surface area contributed by atoms with Crippen LogP contribution in [0.25, 0.3) is 0 Å². The fourth-order valence-corrected chi connectivity index (χ4v) is 3.22. The number of rotatable bonds is 4. The first-order valence-corrected chi connectivity index (χ1v) is 7.99. The molecule has 6 heteroatoms. The van der Waals surface area contributed by atoms with Gasteiger partial charge in [-0.1, -0.05) is 6.92 Å². The summed E-state index contributed by atoms with van der Waals surface area (Å²) in [6.45, 7) is 5.34. The van der Waals surface area contributed by atoms with Gasteiger partial charge in [0, 0.05) is 32.5 Å². The van der Waals surface area contributed by atoms with Crippen molar-refractivity contribution in [1.82, 2.24) is 10.2 Å². The molecule has 0 radical (unpaired) electrons. The van der Waals surface area contributed by atoms with E-state index in [4.69, 9.17) is 9.47 Å². The molecule has 1 saturated carbocycles. The first-order chi connectivity index (χ1) is 10.2. The molecule has 2 amide bonds.